The summed E-state index contributed by atoms with van der Waals surface area (Å²) in [6.45, 7) is 0.0697. The average molecular weight is 239 g/mol. The number of benzene rings is 1. The van der Waals surface area contributed by atoms with Gasteiger partial charge in [-0.1, -0.05) is 5.16 Å². The number of hydrogen-bond acceptors (Lipinski definition) is 6. The summed E-state index contributed by atoms with van der Waals surface area (Å²) < 4.78 is 22.9. The van der Waals surface area contributed by atoms with Gasteiger partial charge in [-0.05, 0) is 6.07 Å². The van der Waals surface area contributed by atoms with Crippen molar-refractivity contribution in [1.29, 1.82) is 0 Å². The number of hydrogen-bond donors (Lipinski definition) is 2. The van der Waals surface area contributed by atoms with Gasteiger partial charge >= 0.3 is 0 Å². The second-order valence-corrected chi connectivity index (χ2v) is 3.22. The first-order chi connectivity index (χ1) is 8.15. The van der Waals surface area contributed by atoms with Crippen LogP contribution in [-0.2, 0) is 6.54 Å². The van der Waals surface area contributed by atoms with Gasteiger partial charge < -0.3 is 20.1 Å². The van der Waals surface area contributed by atoms with Gasteiger partial charge in [-0.3, -0.25) is 0 Å². The number of aromatic nitrogens is 2. The molecule has 7 heteroatoms. The van der Waals surface area contributed by atoms with Gasteiger partial charge in [-0.15, -0.1) is 0 Å². The average Bonchev–Trinajstić information content (AvgIpc) is 2.80. The molecule has 0 aliphatic rings. The van der Waals surface area contributed by atoms with Crippen molar-refractivity contribution < 1.29 is 18.8 Å². The Kier molecular flexibility index (Phi) is 2.92. The van der Waals surface area contributed by atoms with Crippen molar-refractivity contribution in [2.24, 2.45) is 5.73 Å². The third-order valence-electron chi connectivity index (χ3n) is 2.14. The molecule has 90 valence electrons. The molecule has 0 bridgehead atoms. The highest BCUT2D eigenvalue weighted by atomic mass is 19.1. The Morgan fingerprint density at radius 3 is 2.88 bits per heavy atom. The number of nitrogens with two attached hydrogens (primary N) is 1. The number of phenols is 1. The van der Waals surface area contributed by atoms with Crippen LogP contribution in [0, 0.1) is 5.82 Å². The molecule has 0 atom stereocenters. The lowest BCUT2D eigenvalue weighted by Crippen LogP contribution is -1.96. The van der Waals surface area contributed by atoms with Crippen LogP contribution < -0.4 is 10.5 Å². The molecular formula is C10H10FN3O3. The van der Waals surface area contributed by atoms with E-state index >= 15 is 0 Å². The Labute approximate surface area is 95.8 Å². The SMILES string of the molecule is COc1cc(F)cc(-c2noc(CN)n2)c1O. The summed E-state index contributed by atoms with van der Waals surface area (Å²) in [5.74, 6) is -0.575. The van der Waals surface area contributed by atoms with Gasteiger partial charge in [-0.2, -0.15) is 4.98 Å². The van der Waals surface area contributed by atoms with Crippen LogP contribution in [-0.4, -0.2) is 22.4 Å². The molecule has 0 spiro atoms. The third kappa shape index (κ3) is 2.04. The van der Waals surface area contributed by atoms with Gasteiger partial charge in [0.2, 0.25) is 11.7 Å². The minimum atomic E-state index is -0.575. The largest absolute Gasteiger partial charge is 0.504 e. The molecule has 1 aromatic carbocycles. The van der Waals surface area contributed by atoms with E-state index in [0.29, 0.717) is 0 Å². The quantitative estimate of drug-likeness (QED) is 0.831. The summed E-state index contributed by atoms with van der Waals surface area (Å²) in [6, 6.07) is 2.14. The number of methoxy groups -OCH3 is 1. The molecule has 0 saturated carbocycles. The molecule has 0 saturated heterocycles. The summed E-state index contributed by atoms with van der Waals surface area (Å²) in [7, 11) is 1.32. The zero-order chi connectivity index (χ0) is 12.4. The first kappa shape index (κ1) is 11.3. The molecule has 0 radical (unpaired) electrons. The van der Waals surface area contributed by atoms with Gasteiger partial charge in [-0.25, -0.2) is 4.39 Å². The molecule has 0 amide bonds. The van der Waals surface area contributed by atoms with E-state index in [1.165, 1.54) is 7.11 Å². The van der Waals surface area contributed by atoms with Crippen molar-refractivity contribution in [2.75, 3.05) is 7.11 Å². The normalized spacial score (nSPS) is 10.5. The third-order valence-corrected chi connectivity index (χ3v) is 2.14. The Hall–Kier alpha value is -2.15. The lowest BCUT2D eigenvalue weighted by atomic mass is 10.1. The summed E-state index contributed by atoms with van der Waals surface area (Å²) in [5, 5.41) is 13.4. The van der Waals surface area contributed by atoms with Crippen molar-refractivity contribution in [2.45, 2.75) is 6.54 Å². The van der Waals surface area contributed by atoms with Gasteiger partial charge in [0.05, 0.1) is 19.2 Å². The van der Waals surface area contributed by atoms with Crippen LogP contribution in [0.3, 0.4) is 0 Å². The van der Waals surface area contributed by atoms with E-state index in [1.54, 1.807) is 0 Å². The summed E-state index contributed by atoms with van der Waals surface area (Å²) >= 11 is 0. The van der Waals surface area contributed by atoms with Gasteiger partial charge in [0, 0.05) is 6.07 Å². The minimum absolute atomic E-state index is 0.000835. The topological polar surface area (TPSA) is 94.4 Å². The predicted octanol–water partition coefficient (Wildman–Crippen LogP) is 1.05. The van der Waals surface area contributed by atoms with Crippen LogP contribution >= 0.6 is 0 Å². The first-order valence-electron chi connectivity index (χ1n) is 4.75. The van der Waals surface area contributed by atoms with Crippen molar-refractivity contribution in [1.82, 2.24) is 10.1 Å². The molecule has 2 rings (SSSR count). The molecule has 0 unspecified atom stereocenters. The van der Waals surface area contributed by atoms with Crippen LogP contribution in [0.15, 0.2) is 16.7 Å². The number of halogens is 1. The molecule has 0 aliphatic carbocycles. The van der Waals surface area contributed by atoms with E-state index in [0.717, 1.165) is 12.1 Å². The maximum atomic E-state index is 13.3. The van der Waals surface area contributed by atoms with Gasteiger partial charge in [0.15, 0.2) is 11.5 Å². The fourth-order valence-corrected chi connectivity index (χ4v) is 1.35. The Bertz CT molecular complexity index is 542. The second-order valence-electron chi connectivity index (χ2n) is 3.22. The second kappa shape index (κ2) is 4.38. The number of aromatic hydroxyl groups is 1. The molecular weight excluding hydrogens is 229 g/mol. The van der Waals surface area contributed by atoms with Gasteiger partial charge in [0.25, 0.3) is 0 Å². The monoisotopic (exact) mass is 239 g/mol. The Balaban J connectivity index is 2.54. The van der Waals surface area contributed by atoms with Gasteiger partial charge in [0.1, 0.15) is 5.82 Å². The molecule has 1 heterocycles. The molecule has 3 N–H and O–H groups in total. The Morgan fingerprint density at radius 1 is 1.53 bits per heavy atom. The molecule has 17 heavy (non-hydrogen) atoms. The highest BCUT2D eigenvalue weighted by molar-refractivity contribution is 5.67. The van der Waals surface area contributed by atoms with E-state index in [-0.39, 0.29) is 35.3 Å². The lowest BCUT2D eigenvalue weighted by molar-refractivity contribution is 0.369. The standard InChI is InChI=1S/C10H10FN3O3/c1-16-7-3-5(11)2-6(9(7)15)10-13-8(4-12)17-14-10/h2-3,15H,4,12H2,1H3. The number of ether oxygens (including phenoxy) is 1. The molecule has 0 fully saturated rings. The van der Waals surface area contributed by atoms with Crippen LogP contribution in [0.25, 0.3) is 11.4 Å². The first-order valence-corrected chi connectivity index (χ1v) is 4.75. The number of phenolic OH excluding ortho intramolecular Hbond substituents is 1. The molecule has 1 aromatic heterocycles. The number of nitrogens with zero attached hydrogens (tertiary/aromatic N) is 2. The maximum Gasteiger partial charge on any atom is 0.240 e. The molecule has 6 nitrogen and oxygen atoms in total. The predicted molar refractivity (Wildman–Crippen MR) is 55.8 cm³/mol. The number of rotatable bonds is 3. The lowest BCUT2D eigenvalue weighted by Gasteiger charge is -2.06. The fraction of sp³-hybridized carbons (Fsp3) is 0.200. The smallest absolute Gasteiger partial charge is 0.240 e. The zero-order valence-electron chi connectivity index (χ0n) is 8.98. The fourth-order valence-electron chi connectivity index (χ4n) is 1.35. The summed E-state index contributed by atoms with van der Waals surface area (Å²) in [4.78, 5) is 3.89. The highest BCUT2D eigenvalue weighted by Crippen LogP contribution is 2.36. The van der Waals surface area contributed by atoms with E-state index in [4.69, 9.17) is 15.0 Å². The van der Waals surface area contributed by atoms with Crippen molar-refractivity contribution in [3.8, 4) is 22.9 Å². The van der Waals surface area contributed by atoms with Crippen molar-refractivity contribution in [3.63, 3.8) is 0 Å². The summed E-state index contributed by atoms with van der Waals surface area (Å²) in [6.07, 6.45) is 0. The zero-order valence-corrected chi connectivity index (χ0v) is 8.98. The van der Waals surface area contributed by atoms with E-state index < -0.39 is 5.82 Å². The summed E-state index contributed by atoms with van der Waals surface area (Å²) in [5.41, 5.74) is 5.40. The minimum Gasteiger partial charge on any atom is -0.504 e. The highest BCUT2D eigenvalue weighted by Gasteiger charge is 2.17. The van der Waals surface area contributed by atoms with Crippen LogP contribution in [0.2, 0.25) is 0 Å². The van der Waals surface area contributed by atoms with E-state index in [1.807, 2.05) is 0 Å². The van der Waals surface area contributed by atoms with Crippen molar-refractivity contribution in [3.05, 3.63) is 23.8 Å². The van der Waals surface area contributed by atoms with Crippen LogP contribution in [0.4, 0.5) is 4.39 Å². The molecule has 2 aromatic rings. The van der Waals surface area contributed by atoms with Crippen LogP contribution in [0.1, 0.15) is 5.89 Å². The van der Waals surface area contributed by atoms with Crippen LogP contribution in [0.5, 0.6) is 11.5 Å². The molecule has 0 aliphatic heterocycles. The Morgan fingerprint density at radius 2 is 2.29 bits per heavy atom. The van der Waals surface area contributed by atoms with E-state index in [2.05, 4.69) is 10.1 Å². The van der Waals surface area contributed by atoms with E-state index in [9.17, 15) is 9.50 Å². The maximum absolute atomic E-state index is 13.3. The van der Waals surface area contributed by atoms with Crippen molar-refractivity contribution >= 4 is 0 Å².